The molecule has 8 heteroatoms. The lowest BCUT2D eigenvalue weighted by Gasteiger charge is -2.25. The van der Waals surface area contributed by atoms with Gasteiger partial charge < -0.3 is 11.1 Å². The average Bonchev–Trinajstić information content (AvgIpc) is 2.60. The molecule has 3 atom stereocenters. The van der Waals surface area contributed by atoms with Gasteiger partial charge in [-0.2, -0.15) is 0 Å². The molecule has 0 bridgehead atoms. The summed E-state index contributed by atoms with van der Waals surface area (Å²) in [4.78, 5) is 36.4. The van der Waals surface area contributed by atoms with E-state index in [4.69, 9.17) is 22.5 Å². The van der Waals surface area contributed by atoms with E-state index in [-0.39, 0.29) is 12.3 Å². The van der Waals surface area contributed by atoms with Gasteiger partial charge in [0.25, 0.3) is 0 Å². The first kappa shape index (κ1) is 22.9. The molecule has 1 rings (SSSR count). The standard InChI is InChI=1S/C19H28ClN3O4/c1-10(2)7-14(12(4)18(25)23-27)19(26)22-16(17(21)24)9-13-5-6-15(20)11(3)8-13/h5-6,8,10,12,14,16,27H,7,9H2,1-4H3,(H2,21,24)(H,22,26)(H,23,25)/t12-,14+,16-/m0/s1. The summed E-state index contributed by atoms with van der Waals surface area (Å²) in [7, 11) is 0. The summed E-state index contributed by atoms with van der Waals surface area (Å²) < 4.78 is 0. The van der Waals surface area contributed by atoms with Crippen LogP contribution in [0.5, 0.6) is 0 Å². The Bertz CT molecular complexity index is 694. The minimum Gasteiger partial charge on any atom is -0.368 e. The third-order valence-electron chi connectivity index (χ3n) is 4.51. The predicted molar refractivity (Wildman–Crippen MR) is 103 cm³/mol. The Kier molecular flexibility index (Phi) is 8.72. The molecule has 150 valence electrons. The molecule has 0 saturated heterocycles. The van der Waals surface area contributed by atoms with Gasteiger partial charge >= 0.3 is 0 Å². The molecule has 0 aliphatic rings. The minimum absolute atomic E-state index is 0.139. The molecule has 0 saturated carbocycles. The zero-order valence-electron chi connectivity index (χ0n) is 16.1. The Morgan fingerprint density at radius 3 is 2.30 bits per heavy atom. The van der Waals surface area contributed by atoms with Crippen LogP contribution >= 0.6 is 11.6 Å². The third-order valence-corrected chi connectivity index (χ3v) is 4.94. The van der Waals surface area contributed by atoms with Crippen LogP contribution in [0.25, 0.3) is 0 Å². The molecular formula is C19H28ClN3O4. The van der Waals surface area contributed by atoms with Gasteiger partial charge in [-0.3, -0.25) is 19.6 Å². The van der Waals surface area contributed by atoms with Crippen LogP contribution in [0.3, 0.4) is 0 Å². The second-order valence-corrected chi connectivity index (χ2v) is 7.66. The van der Waals surface area contributed by atoms with Crippen molar-refractivity contribution in [2.75, 3.05) is 0 Å². The van der Waals surface area contributed by atoms with Crippen LogP contribution in [0.15, 0.2) is 18.2 Å². The lowest BCUT2D eigenvalue weighted by atomic mass is 9.85. The molecule has 3 amide bonds. The molecule has 5 N–H and O–H groups in total. The van der Waals surface area contributed by atoms with Gasteiger partial charge in [-0.15, -0.1) is 0 Å². The Hall–Kier alpha value is -2.12. The minimum atomic E-state index is -0.919. The molecule has 0 heterocycles. The van der Waals surface area contributed by atoms with E-state index in [9.17, 15) is 14.4 Å². The van der Waals surface area contributed by atoms with Crippen molar-refractivity contribution < 1.29 is 19.6 Å². The van der Waals surface area contributed by atoms with Crippen LogP contribution in [0.2, 0.25) is 5.02 Å². The first-order valence-electron chi connectivity index (χ1n) is 8.85. The Labute approximate surface area is 164 Å². The van der Waals surface area contributed by atoms with E-state index in [1.165, 1.54) is 0 Å². The number of carbonyl (C=O) groups is 3. The maximum atomic E-state index is 12.8. The van der Waals surface area contributed by atoms with Crippen molar-refractivity contribution in [1.82, 2.24) is 10.8 Å². The largest absolute Gasteiger partial charge is 0.368 e. The summed E-state index contributed by atoms with van der Waals surface area (Å²) in [5, 5.41) is 12.1. The number of nitrogens with one attached hydrogen (secondary N) is 2. The first-order chi connectivity index (χ1) is 12.6. The van der Waals surface area contributed by atoms with Crippen molar-refractivity contribution in [2.45, 2.75) is 46.6 Å². The fraction of sp³-hybridized carbons (Fsp3) is 0.526. The fourth-order valence-corrected chi connectivity index (χ4v) is 3.02. The lowest BCUT2D eigenvalue weighted by Crippen LogP contribution is -2.50. The van der Waals surface area contributed by atoms with Crippen LogP contribution in [-0.2, 0) is 20.8 Å². The van der Waals surface area contributed by atoms with Crippen molar-refractivity contribution in [2.24, 2.45) is 23.5 Å². The SMILES string of the molecule is Cc1cc(C[C@H](NC(=O)[C@H](CC(C)C)[C@H](C)C(=O)NO)C(N)=O)ccc1Cl. The zero-order chi connectivity index (χ0) is 20.7. The molecule has 0 unspecified atom stereocenters. The molecule has 0 aliphatic heterocycles. The van der Waals surface area contributed by atoms with E-state index in [0.717, 1.165) is 11.1 Å². The average molecular weight is 398 g/mol. The van der Waals surface area contributed by atoms with Crippen LogP contribution in [0.4, 0.5) is 0 Å². The van der Waals surface area contributed by atoms with Gasteiger partial charge in [0.15, 0.2) is 0 Å². The zero-order valence-corrected chi connectivity index (χ0v) is 16.8. The fourth-order valence-electron chi connectivity index (χ4n) is 2.90. The molecule has 0 fully saturated rings. The number of benzene rings is 1. The lowest BCUT2D eigenvalue weighted by molar-refractivity contribution is -0.140. The van der Waals surface area contributed by atoms with Crippen LogP contribution in [0.1, 0.15) is 38.3 Å². The number of halogens is 1. The monoisotopic (exact) mass is 397 g/mol. The number of carbonyl (C=O) groups excluding carboxylic acids is 3. The predicted octanol–water partition coefficient (Wildman–Crippen LogP) is 1.96. The van der Waals surface area contributed by atoms with Gasteiger partial charge in [0, 0.05) is 23.3 Å². The van der Waals surface area contributed by atoms with Gasteiger partial charge in [-0.25, -0.2) is 5.48 Å². The third kappa shape index (κ3) is 6.84. The van der Waals surface area contributed by atoms with E-state index >= 15 is 0 Å². The molecule has 0 aliphatic carbocycles. The molecule has 0 radical (unpaired) electrons. The van der Waals surface area contributed by atoms with Crippen LogP contribution in [-0.4, -0.2) is 29.0 Å². The highest BCUT2D eigenvalue weighted by Gasteiger charge is 2.32. The smallest absolute Gasteiger partial charge is 0.246 e. The summed E-state index contributed by atoms with van der Waals surface area (Å²) in [6, 6.07) is 4.40. The van der Waals surface area contributed by atoms with Gasteiger partial charge in [-0.1, -0.05) is 44.5 Å². The first-order valence-corrected chi connectivity index (χ1v) is 9.23. The number of amides is 3. The van der Waals surface area contributed by atoms with Crippen molar-refractivity contribution in [1.29, 1.82) is 0 Å². The normalized spacial score (nSPS) is 14.3. The van der Waals surface area contributed by atoms with Crippen molar-refractivity contribution >= 4 is 29.3 Å². The number of rotatable bonds is 9. The molecule has 1 aromatic carbocycles. The van der Waals surface area contributed by atoms with Crippen molar-refractivity contribution in [3.8, 4) is 0 Å². The van der Waals surface area contributed by atoms with E-state index < -0.39 is 35.6 Å². The number of primary amides is 1. The van der Waals surface area contributed by atoms with Gasteiger partial charge in [-0.05, 0) is 36.5 Å². The highest BCUT2D eigenvalue weighted by Crippen LogP contribution is 2.22. The number of hydroxylamine groups is 1. The molecule has 1 aromatic rings. The van der Waals surface area contributed by atoms with Crippen molar-refractivity contribution in [3.05, 3.63) is 34.3 Å². The summed E-state index contributed by atoms with van der Waals surface area (Å²) in [6.07, 6.45) is 0.639. The molecule has 7 nitrogen and oxygen atoms in total. The Morgan fingerprint density at radius 2 is 1.81 bits per heavy atom. The summed E-state index contributed by atoms with van der Waals surface area (Å²) in [5.74, 6) is -3.09. The quantitative estimate of drug-likeness (QED) is 0.376. The number of aryl methyl sites for hydroxylation is 1. The topological polar surface area (TPSA) is 122 Å². The van der Waals surface area contributed by atoms with Gasteiger partial charge in [0.05, 0.1) is 0 Å². The molecule has 0 spiro atoms. The maximum absolute atomic E-state index is 12.8. The number of hydrogen-bond donors (Lipinski definition) is 4. The van der Waals surface area contributed by atoms with Crippen LogP contribution < -0.4 is 16.5 Å². The van der Waals surface area contributed by atoms with E-state index in [1.54, 1.807) is 24.5 Å². The summed E-state index contributed by atoms with van der Waals surface area (Å²) in [6.45, 7) is 7.25. The van der Waals surface area contributed by atoms with Gasteiger partial charge in [0.1, 0.15) is 6.04 Å². The second kappa shape index (κ2) is 10.3. The maximum Gasteiger partial charge on any atom is 0.246 e. The van der Waals surface area contributed by atoms with Crippen LogP contribution in [0, 0.1) is 24.7 Å². The van der Waals surface area contributed by atoms with E-state index in [2.05, 4.69) is 5.32 Å². The van der Waals surface area contributed by atoms with E-state index in [0.29, 0.717) is 11.4 Å². The summed E-state index contributed by atoms with van der Waals surface area (Å²) in [5.41, 5.74) is 8.71. The van der Waals surface area contributed by atoms with Gasteiger partial charge in [0.2, 0.25) is 17.7 Å². The highest BCUT2D eigenvalue weighted by molar-refractivity contribution is 6.31. The molecule has 0 aromatic heterocycles. The highest BCUT2D eigenvalue weighted by atomic mass is 35.5. The number of nitrogens with two attached hydrogens (primary N) is 1. The summed E-state index contributed by atoms with van der Waals surface area (Å²) >= 11 is 6.01. The van der Waals surface area contributed by atoms with Crippen molar-refractivity contribution in [3.63, 3.8) is 0 Å². The Morgan fingerprint density at radius 1 is 1.19 bits per heavy atom. The molecule has 27 heavy (non-hydrogen) atoms. The second-order valence-electron chi connectivity index (χ2n) is 7.25. The molecular weight excluding hydrogens is 370 g/mol. The van der Waals surface area contributed by atoms with E-state index in [1.807, 2.05) is 26.8 Å². The number of hydrogen-bond acceptors (Lipinski definition) is 4. The Balaban J connectivity index is 2.97.